The maximum absolute atomic E-state index is 12.9. The third kappa shape index (κ3) is 3.88. The molecule has 0 unspecified atom stereocenters. The van der Waals surface area contributed by atoms with Crippen LogP contribution in [0.1, 0.15) is 43.4 Å². The number of carbonyl (C=O) groups excluding carboxylic acids is 1. The highest BCUT2D eigenvalue weighted by Crippen LogP contribution is 2.15. The number of nitrogens with one attached hydrogen (secondary N) is 1. The largest absolute Gasteiger partial charge is 0.345 e. The van der Waals surface area contributed by atoms with Crippen LogP contribution in [0.5, 0.6) is 0 Å². The lowest BCUT2D eigenvalue weighted by atomic mass is 10.1. The fourth-order valence-corrected chi connectivity index (χ4v) is 2.89. The van der Waals surface area contributed by atoms with Gasteiger partial charge in [0.25, 0.3) is 0 Å². The molecule has 1 aromatic carbocycles. The average Bonchev–Trinajstić information content (AvgIpc) is 2.80. The standard InChI is InChI=1S/C18H21FN4O/c1-13(14-6-8-15(19)9-7-14)11-18(24)20-12-17-22-21-16-5-3-2-4-10-23(16)17/h6-9,11H,2-5,10,12H2,1H3,(H,20,24). The molecule has 1 amide bonds. The Labute approximate surface area is 140 Å². The van der Waals surface area contributed by atoms with Crippen LogP contribution in [0.15, 0.2) is 30.3 Å². The van der Waals surface area contributed by atoms with Crippen molar-refractivity contribution in [2.45, 2.75) is 45.7 Å². The number of hydrogen-bond donors (Lipinski definition) is 1. The first kappa shape index (κ1) is 16.4. The number of fused-ring (bicyclic) bond motifs is 1. The summed E-state index contributed by atoms with van der Waals surface area (Å²) in [6, 6.07) is 6.09. The first-order valence-electron chi connectivity index (χ1n) is 8.26. The summed E-state index contributed by atoms with van der Waals surface area (Å²) >= 11 is 0. The van der Waals surface area contributed by atoms with Gasteiger partial charge < -0.3 is 9.88 Å². The van der Waals surface area contributed by atoms with Gasteiger partial charge in [0.15, 0.2) is 5.82 Å². The molecule has 0 radical (unpaired) electrons. The Bertz CT molecular complexity index is 749. The zero-order valence-corrected chi connectivity index (χ0v) is 13.8. The van der Waals surface area contributed by atoms with Crippen molar-refractivity contribution in [2.75, 3.05) is 0 Å². The fourth-order valence-electron chi connectivity index (χ4n) is 2.89. The van der Waals surface area contributed by atoms with Crippen molar-refractivity contribution in [1.82, 2.24) is 20.1 Å². The molecule has 0 atom stereocenters. The Morgan fingerprint density at radius 2 is 2.04 bits per heavy atom. The summed E-state index contributed by atoms with van der Waals surface area (Å²) in [5, 5.41) is 11.3. The van der Waals surface area contributed by atoms with Crippen LogP contribution in [0.3, 0.4) is 0 Å². The minimum Gasteiger partial charge on any atom is -0.345 e. The van der Waals surface area contributed by atoms with Crippen LogP contribution in [0.25, 0.3) is 5.57 Å². The Balaban J connectivity index is 1.62. The molecule has 0 saturated heterocycles. The molecule has 0 bridgehead atoms. The van der Waals surface area contributed by atoms with Crippen LogP contribution in [-0.4, -0.2) is 20.7 Å². The number of hydrogen-bond acceptors (Lipinski definition) is 3. The van der Waals surface area contributed by atoms with Gasteiger partial charge in [-0.2, -0.15) is 0 Å². The molecule has 2 heterocycles. The van der Waals surface area contributed by atoms with Gasteiger partial charge in [0, 0.05) is 19.0 Å². The van der Waals surface area contributed by atoms with Crippen molar-refractivity contribution in [3.05, 3.63) is 53.4 Å². The van der Waals surface area contributed by atoms with E-state index in [1.807, 2.05) is 6.92 Å². The monoisotopic (exact) mass is 328 g/mol. The average molecular weight is 328 g/mol. The number of rotatable bonds is 4. The van der Waals surface area contributed by atoms with Crippen LogP contribution in [0.4, 0.5) is 4.39 Å². The topological polar surface area (TPSA) is 59.8 Å². The zero-order valence-electron chi connectivity index (χ0n) is 13.8. The molecule has 1 aliphatic rings. The van der Waals surface area contributed by atoms with E-state index in [2.05, 4.69) is 20.1 Å². The lowest BCUT2D eigenvalue weighted by Gasteiger charge is -2.07. The molecular formula is C18H21FN4O. The number of aromatic nitrogens is 3. The highest BCUT2D eigenvalue weighted by molar-refractivity contribution is 5.94. The van der Waals surface area contributed by atoms with Crippen molar-refractivity contribution in [2.24, 2.45) is 0 Å². The van der Waals surface area contributed by atoms with Crippen molar-refractivity contribution in [1.29, 1.82) is 0 Å². The number of halogens is 1. The van der Waals surface area contributed by atoms with Crippen LogP contribution in [-0.2, 0) is 24.3 Å². The number of amides is 1. The van der Waals surface area contributed by atoms with Crippen LogP contribution in [0.2, 0.25) is 0 Å². The van der Waals surface area contributed by atoms with Gasteiger partial charge in [0.2, 0.25) is 5.91 Å². The predicted molar refractivity (Wildman–Crippen MR) is 89.5 cm³/mol. The molecule has 5 nitrogen and oxygen atoms in total. The maximum Gasteiger partial charge on any atom is 0.244 e. The zero-order chi connectivity index (χ0) is 16.9. The van der Waals surface area contributed by atoms with E-state index in [1.54, 1.807) is 12.1 Å². The fraction of sp³-hybridized carbons (Fsp3) is 0.389. The second-order valence-electron chi connectivity index (χ2n) is 6.05. The van der Waals surface area contributed by atoms with E-state index in [1.165, 1.54) is 24.6 Å². The number of carbonyl (C=O) groups is 1. The number of aryl methyl sites for hydroxylation is 1. The van der Waals surface area contributed by atoms with Crippen LogP contribution in [0, 0.1) is 5.82 Å². The quantitative estimate of drug-likeness (QED) is 0.878. The van der Waals surface area contributed by atoms with Crippen LogP contribution >= 0.6 is 0 Å². The van der Waals surface area contributed by atoms with Crippen molar-refractivity contribution >= 4 is 11.5 Å². The molecule has 1 aliphatic heterocycles. The Morgan fingerprint density at radius 3 is 2.83 bits per heavy atom. The van der Waals surface area contributed by atoms with E-state index in [0.717, 1.165) is 48.6 Å². The van der Waals surface area contributed by atoms with E-state index in [-0.39, 0.29) is 11.7 Å². The number of allylic oxidation sites excluding steroid dienone is 1. The minimum absolute atomic E-state index is 0.192. The molecule has 0 aliphatic carbocycles. The minimum atomic E-state index is -0.288. The maximum atomic E-state index is 12.9. The van der Waals surface area contributed by atoms with Crippen LogP contribution < -0.4 is 5.32 Å². The summed E-state index contributed by atoms with van der Waals surface area (Å²) in [5.74, 6) is 1.33. The normalized spacial score (nSPS) is 14.8. The van der Waals surface area contributed by atoms with Crippen molar-refractivity contribution in [3.8, 4) is 0 Å². The van der Waals surface area contributed by atoms with Gasteiger partial charge in [-0.3, -0.25) is 4.79 Å². The van der Waals surface area contributed by atoms with Gasteiger partial charge >= 0.3 is 0 Å². The summed E-state index contributed by atoms with van der Waals surface area (Å²) in [6.45, 7) is 3.10. The van der Waals surface area contributed by atoms with Crippen molar-refractivity contribution in [3.63, 3.8) is 0 Å². The van der Waals surface area contributed by atoms with Gasteiger partial charge in [0.1, 0.15) is 11.6 Å². The molecule has 3 rings (SSSR count). The lowest BCUT2D eigenvalue weighted by molar-refractivity contribution is -0.116. The van der Waals surface area contributed by atoms with Gasteiger partial charge in [-0.15, -0.1) is 10.2 Å². The highest BCUT2D eigenvalue weighted by atomic mass is 19.1. The lowest BCUT2D eigenvalue weighted by Crippen LogP contribution is -2.23. The van der Waals surface area contributed by atoms with E-state index in [0.29, 0.717) is 6.54 Å². The summed E-state index contributed by atoms with van der Waals surface area (Å²) in [7, 11) is 0. The Kier molecular flexibility index (Phi) is 5.03. The van der Waals surface area contributed by atoms with E-state index in [9.17, 15) is 9.18 Å². The molecule has 0 fully saturated rings. The second kappa shape index (κ2) is 7.38. The number of nitrogens with zero attached hydrogens (tertiary/aromatic N) is 3. The van der Waals surface area contributed by atoms with E-state index >= 15 is 0 Å². The van der Waals surface area contributed by atoms with Gasteiger partial charge in [-0.05, 0) is 43.0 Å². The van der Waals surface area contributed by atoms with Gasteiger partial charge in [0.05, 0.1) is 6.54 Å². The molecule has 1 aromatic heterocycles. The highest BCUT2D eigenvalue weighted by Gasteiger charge is 2.14. The van der Waals surface area contributed by atoms with Gasteiger partial charge in [-0.25, -0.2) is 4.39 Å². The van der Waals surface area contributed by atoms with E-state index in [4.69, 9.17) is 0 Å². The smallest absolute Gasteiger partial charge is 0.244 e. The summed E-state index contributed by atoms with van der Waals surface area (Å²) in [5.41, 5.74) is 1.61. The molecule has 126 valence electrons. The molecule has 0 spiro atoms. The molecule has 0 saturated carbocycles. The molecular weight excluding hydrogens is 307 g/mol. The summed E-state index contributed by atoms with van der Waals surface area (Å²) in [4.78, 5) is 12.1. The third-order valence-electron chi connectivity index (χ3n) is 4.25. The molecule has 2 aromatic rings. The molecule has 6 heteroatoms. The second-order valence-corrected chi connectivity index (χ2v) is 6.05. The summed E-state index contributed by atoms with van der Waals surface area (Å²) in [6.07, 6.45) is 5.94. The molecule has 1 N–H and O–H groups in total. The summed E-state index contributed by atoms with van der Waals surface area (Å²) < 4.78 is 15.1. The first-order valence-corrected chi connectivity index (χ1v) is 8.26. The third-order valence-corrected chi connectivity index (χ3v) is 4.25. The molecule has 24 heavy (non-hydrogen) atoms. The number of benzene rings is 1. The van der Waals surface area contributed by atoms with E-state index < -0.39 is 0 Å². The predicted octanol–water partition coefficient (Wildman–Crippen LogP) is 2.86. The SMILES string of the molecule is CC(=CC(=O)NCc1nnc2n1CCCCC2)c1ccc(F)cc1. The van der Waals surface area contributed by atoms with Crippen molar-refractivity contribution < 1.29 is 9.18 Å². The first-order chi connectivity index (χ1) is 11.6. The van der Waals surface area contributed by atoms with Gasteiger partial charge in [-0.1, -0.05) is 18.6 Å². The Morgan fingerprint density at radius 1 is 1.25 bits per heavy atom. The Hall–Kier alpha value is -2.50.